The van der Waals surface area contributed by atoms with Gasteiger partial charge in [0.15, 0.2) is 0 Å². The Bertz CT molecular complexity index is 510. The van der Waals surface area contributed by atoms with Crippen LogP contribution in [-0.4, -0.2) is 46.1 Å². The second-order valence-corrected chi connectivity index (χ2v) is 5.13. The quantitative estimate of drug-likeness (QED) is 0.809. The Morgan fingerprint density at radius 3 is 2.90 bits per heavy atom. The van der Waals surface area contributed by atoms with Crippen molar-refractivity contribution in [3.63, 3.8) is 0 Å². The van der Waals surface area contributed by atoms with E-state index in [9.17, 15) is 9.18 Å². The third-order valence-electron chi connectivity index (χ3n) is 3.44. The van der Waals surface area contributed by atoms with Crippen LogP contribution in [-0.2, 0) is 9.47 Å². The van der Waals surface area contributed by atoms with Crippen molar-refractivity contribution in [1.29, 1.82) is 0 Å². The molecular weight excluding hydrogens is 275 g/mol. The summed E-state index contributed by atoms with van der Waals surface area (Å²) in [5.41, 5.74) is 1.03. The molecule has 0 N–H and O–H groups in total. The molecule has 1 amide bonds. The van der Waals surface area contributed by atoms with Crippen molar-refractivity contribution in [3.8, 4) is 0 Å². The van der Waals surface area contributed by atoms with Crippen molar-refractivity contribution in [2.45, 2.75) is 19.4 Å². The van der Waals surface area contributed by atoms with Crippen molar-refractivity contribution < 1.29 is 18.7 Å². The Labute approximate surface area is 124 Å². The predicted octanol–water partition coefficient (Wildman–Crippen LogP) is 2.64. The zero-order chi connectivity index (χ0) is 15.4. The van der Waals surface area contributed by atoms with E-state index in [-0.39, 0.29) is 11.9 Å². The van der Waals surface area contributed by atoms with E-state index < -0.39 is 6.09 Å². The lowest BCUT2D eigenvalue weighted by Gasteiger charge is -2.21. The number of rotatable bonds is 6. The lowest BCUT2D eigenvalue weighted by Crippen LogP contribution is -2.26. The molecule has 0 bridgehead atoms. The first kappa shape index (κ1) is 15.6. The summed E-state index contributed by atoms with van der Waals surface area (Å²) in [7, 11) is 3.40. The van der Waals surface area contributed by atoms with Crippen molar-refractivity contribution in [2.75, 3.05) is 43.7 Å². The average Bonchev–Trinajstić information content (AvgIpc) is 2.80. The van der Waals surface area contributed by atoms with Crippen molar-refractivity contribution in [2.24, 2.45) is 0 Å². The Morgan fingerprint density at radius 2 is 2.29 bits per heavy atom. The summed E-state index contributed by atoms with van der Waals surface area (Å²) in [6.07, 6.45) is 0.161. The highest BCUT2D eigenvalue weighted by molar-refractivity contribution is 5.90. The molecule has 5 nitrogen and oxygen atoms in total. The fourth-order valence-electron chi connectivity index (χ4n) is 2.43. The van der Waals surface area contributed by atoms with Gasteiger partial charge in [0.2, 0.25) is 0 Å². The summed E-state index contributed by atoms with van der Waals surface area (Å²) in [6.45, 7) is 3.52. The third-order valence-corrected chi connectivity index (χ3v) is 3.44. The first-order valence-electron chi connectivity index (χ1n) is 7.04. The van der Waals surface area contributed by atoms with E-state index >= 15 is 0 Å². The van der Waals surface area contributed by atoms with Crippen molar-refractivity contribution in [3.05, 3.63) is 24.0 Å². The SMILES string of the molecule is CCCN(C)c1ccc(N2C[C@H](COC)OC2=O)cc1F. The molecule has 0 aliphatic carbocycles. The molecule has 1 saturated heterocycles. The molecule has 2 rings (SSSR count). The molecule has 1 fully saturated rings. The number of hydrogen-bond acceptors (Lipinski definition) is 4. The van der Waals surface area contributed by atoms with Crippen LogP contribution in [0, 0.1) is 5.82 Å². The summed E-state index contributed by atoms with van der Waals surface area (Å²) < 4.78 is 24.3. The highest BCUT2D eigenvalue weighted by Crippen LogP contribution is 2.27. The molecule has 0 radical (unpaired) electrons. The van der Waals surface area contributed by atoms with Crippen LogP contribution in [0.3, 0.4) is 0 Å². The normalized spacial score (nSPS) is 18.0. The maximum Gasteiger partial charge on any atom is 0.414 e. The minimum absolute atomic E-state index is 0.312. The Hall–Kier alpha value is -1.82. The zero-order valence-corrected chi connectivity index (χ0v) is 12.6. The third kappa shape index (κ3) is 3.44. The van der Waals surface area contributed by atoms with Crippen LogP contribution >= 0.6 is 0 Å². The van der Waals surface area contributed by atoms with Crippen LogP contribution in [0.4, 0.5) is 20.6 Å². The first-order chi connectivity index (χ1) is 10.1. The number of cyclic esters (lactones) is 1. The van der Waals surface area contributed by atoms with Gasteiger partial charge < -0.3 is 14.4 Å². The first-order valence-corrected chi connectivity index (χ1v) is 7.04. The summed E-state index contributed by atoms with van der Waals surface area (Å²) in [4.78, 5) is 15.1. The fraction of sp³-hybridized carbons (Fsp3) is 0.533. The van der Waals surface area contributed by atoms with Gasteiger partial charge in [-0.2, -0.15) is 0 Å². The van der Waals surface area contributed by atoms with Gasteiger partial charge >= 0.3 is 6.09 Å². The minimum atomic E-state index is -0.467. The maximum atomic E-state index is 14.2. The average molecular weight is 296 g/mol. The van der Waals surface area contributed by atoms with Gasteiger partial charge in [0.25, 0.3) is 0 Å². The Kier molecular flexibility index (Phi) is 5.01. The number of carbonyl (C=O) groups is 1. The van der Waals surface area contributed by atoms with Gasteiger partial charge in [0.1, 0.15) is 11.9 Å². The molecule has 0 saturated carbocycles. The molecule has 0 aromatic heterocycles. The van der Waals surface area contributed by atoms with Gasteiger partial charge in [0.05, 0.1) is 24.5 Å². The number of halogens is 1. The highest BCUT2D eigenvalue weighted by Gasteiger charge is 2.32. The molecule has 1 atom stereocenters. The maximum absolute atomic E-state index is 14.2. The molecule has 1 aliphatic rings. The second-order valence-electron chi connectivity index (χ2n) is 5.13. The monoisotopic (exact) mass is 296 g/mol. The lowest BCUT2D eigenvalue weighted by atomic mass is 10.2. The molecule has 1 aromatic carbocycles. The van der Waals surface area contributed by atoms with Crippen LogP contribution in [0.25, 0.3) is 0 Å². The van der Waals surface area contributed by atoms with E-state index in [2.05, 4.69) is 0 Å². The molecule has 1 aliphatic heterocycles. The van der Waals surface area contributed by atoms with Crippen molar-refractivity contribution in [1.82, 2.24) is 0 Å². The Balaban J connectivity index is 2.15. The van der Waals surface area contributed by atoms with E-state index in [0.29, 0.717) is 24.5 Å². The van der Waals surface area contributed by atoms with Gasteiger partial charge in [-0.25, -0.2) is 9.18 Å². The topological polar surface area (TPSA) is 42.0 Å². The predicted molar refractivity (Wildman–Crippen MR) is 79.5 cm³/mol. The largest absolute Gasteiger partial charge is 0.441 e. The van der Waals surface area contributed by atoms with Crippen LogP contribution < -0.4 is 9.80 Å². The molecule has 116 valence electrons. The van der Waals surface area contributed by atoms with Crippen LogP contribution in [0.15, 0.2) is 18.2 Å². The van der Waals surface area contributed by atoms with Gasteiger partial charge in [0, 0.05) is 20.7 Å². The minimum Gasteiger partial charge on any atom is -0.441 e. The highest BCUT2D eigenvalue weighted by atomic mass is 19.1. The van der Waals surface area contributed by atoms with E-state index in [1.165, 1.54) is 11.0 Å². The smallest absolute Gasteiger partial charge is 0.414 e. The summed E-state index contributed by atoms with van der Waals surface area (Å²) in [6, 6.07) is 4.80. The number of anilines is 2. The van der Waals surface area contributed by atoms with E-state index in [1.54, 1.807) is 19.2 Å². The number of amides is 1. The van der Waals surface area contributed by atoms with Gasteiger partial charge in [-0.3, -0.25) is 4.90 Å². The molecule has 0 unspecified atom stereocenters. The van der Waals surface area contributed by atoms with E-state index in [0.717, 1.165) is 13.0 Å². The van der Waals surface area contributed by atoms with E-state index in [4.69, 9.17) is 9.47 Å². The van der Waals surface area contributed by atoms with Gasteiger partial charge in [-0.05, 0) is 24.6 Å². The molecule has 1 aromatic rings. The van der Waals surface area contributed by atoms with Gasteiger partial charge in [-0.1, -0.05) is 6.92 Å². The second kappa shape index (κ2) is 6.76. The standard InChI is InChI=1S/C15H21FN2O3/c1-4-7-17(2)14-6-5-11(8-13(14)16)18-9-12(10-20-3)21-15(18)19/h5-6,8,12H,4,7,9-10H2,1-3H3/t12-/m1/s1. The van der Waals surface area contributed by atoms with E-state index in [1.807, 2.05) is 18.9 Å². The lowest BCUT2D eigenvalue weighted by molar-refractivity contribution is 0.0718. The number of nitrogens with zero attached hydrogens (tertiary/aromatic N) is 2. The summed E-state index contributed by atoms with van der Waals surface area (Å²) in [5.74, 6) is -0.341. The Morgan fingerprint density at radius 1 is 1.52 bits per heavy atom. The summed E-state index contributed by atoms with van der Waals surface area (Å²) >= 11 is 0. The number of carbonyl (C=O) groups excluding carboxylic acids is 1. The number of benzene rings is 1. The van der Waals surface area contributed by atoms with Gasteiger partial charge in [-0.15, -0.1) is 0 Å². The zero-order valence-electron chi connectivity index (χ0n) is 12.6. The molecule has 0 spiro atoms. The van der Waals surface area contributed by atoms with Crippen LogP contribution in [0.1, 0.15) is 13.3 Å². The molecule has 21 heavy (non-hydrogen) atoms. The molecule has 6 heteroatoms. The number of hydrogen-bond donors (Lipinski definition) is 0. The number of ether oxygens (including phenoxy) is 2. The summed E-state index contributed by atoms with van der Waals surface area (Å²) in [5, 5.41) is 0. The van der Waals surface area contributed by atoms with Crippen LogP contribution in [0.2, 0.25) is 0 Å². The molecule has 1 heterocycles. The number of methoxy groups -OCH3 is 1. The van der Waals surface area contributed by atoms with Crippen LogP contribution in [0.5, 0.6) is 0 Å². The fourth-order valence-corrected chi connectivity index (χ4v) is 2.43. The van der Waals surface area contributed by atoms with Crippen molar-refractivity contribution >= 4 is 17.5 Å². The molecular formula is C15H21FN2O3.